The van der Waals surface area contributed by atoms with Gasteiger partial charge < -0.3 is 4.52 Å². The van der Waals surface area contributed by atoms with E-state index < -0.39 is 10.0 Å². The van der Waals surface area contributed by atoms with Crippen LogP contribution in [0.15, 0.2) is 9.42 Å². The smallest absolute Gasteiger partial charge is 0.269 e. The Bertz CT molecular complexity index is 807. The monoisotopic (exact) mass is 322 g/mol. The maximum absolute atomic E-state index is 12.5. The second-order valence-corrected chi connectivity index (χ2v) is 7.14. The lowest BCUT2D eigenvalue weighted by Crippen LogP contribution is -2.19. The van der Waals surface area contributed by atoms with Crippen molar-refractivity contribution in [3.05, 3.63) is 28.4 Å². The molecule has 118 valence electrons. The first-order valence-electron chi connectivity index (χ1n) is 7.20. The summed E-state index contributed by atoms with van der Waals surface area (Å²) in [6, 6.07) is 0. The summed E-state index contributed by atoms with van der Waals surface area (Å²) in [7, 11) is -3.81. The molecule has 2 heterocycles. The van der Waals surface area contributed by atoms with Crippen molar-refractivity contribution in [2.75, 3.05) is 4.72 Å². The highest BCUT2D eigenvalue weighted by atomic mass is 32.2. The predicted molar refractivity (Wildman–Crippen MR) is 80.2 cm³/mol. The highest BCUT2D eigenvalue weighted by molar-refractivity contribution is 7.92. The van der Waals surface area contributed by atoms with Crippen molar-refractivity contribution < 1.29 is 12.9 Å². The van der Waals surface area contributed by atoms with E-state index >= 15 is 0 Å². The molecule has 3 rings (SSSR count). The van der Waals surface area contributed by atoms with Crippen molar-refractivity contribution in [1.29, 1.82) is 0 Å². The molecule has 0 bridgehead atoms. The lowest BCUT2D eigenvalue weighted by Gasteiger charge is -2.17. The third-order valence-corrected chi connectivity index (χ3v) is 5.42. The Kier molecular flexibility index (Phi) is 3.64. The van der Waals surface area contributed by atoms with E-state index in [1.807, 2.05) is 6.92 Å². The molecule has 2 aromatic rings. The fourth-order valence-corrected chi connectivity index (χ4v) is 4.13. The average molecular weight is 322 g/mol. The Labute approximate surface area is 129 Å². The highest BCUT2D eigenvalue weighted by Gasteiger charge is 2.26. The molecule has 0 atom stereocenters. The molecular formula is C14H18N4O3S. The third-order valence-electron chi connectivity index (χ3n) is 3.85. The van der Waals surface area contributed by atoms with Gasteiger partial charge in [-0.2, -0.15) is 0 Å². The molecule has 0 fully saturated rings. The maximum atomic E-state index is 12.5. The number of nitrogens with one attached hydrogen (secondary N) is 1. The molecule has 8 heteroatoms. The zero-order valence-corrected chi connectivity index (χ0v) is 13.6. The van der Waals surface area contributed by atoms with Crippen LogP contribution in [0, 0.1) is 20.8 Å². The first-order valence-corrected chi connectivity index (χ1v) is 8.69. The van der Waals surface area contributed by atoms with Crippen LogP contribution < -0.4 is 4.72 Å². The zero-order chi connectivity index (χ0) is 15.9. The molecule has 1 N–H and O–H groups in total. The molecule has 0 amide bonds. The summed E-state index contributed by atoms with van der Waals surface area (Å²) >= 11 is 0. The lowest BCUT2D eigenvalue weighted by molar-refractivity contribution is 0.390. The van der Waals surface area contributed by atoms with Crippen LogP contribution in [0.3, 0.4) is 0 Å². The number of hydrogen-bond acceptors (Lipinski definition) is 6. The number of aromatic nitrogens is 3. The molecule has 1 aliphatic rings. The van der Waals surface area contributed by atoms with Gasteiger partial charge in [-0.1, -0.05) is 5.16 Å². The van der Waals surface area contributed by atoms with Crippen LogP contribution in [-0.2, 0) is 22.9 Å². The standard InChI is InChI=1S/C14H18N4O3S/c1-8-11-6-4-5-7-12(11)16-14(15-8)18-22(19,20)13-9(2)17-21-10(13)3/h4-7H2,1-3H3,(H,15,16,18). The quantitative estimate of drug-likeness (QED) is 0.929. The Morgan fingerprint density at radius 1 is 1.05 bits per heavy atom. The van der Waals surface area contributed by atoms with Gasteiger partial charge in [0.25, 0.3) is 10.0 Å². The van der Waals surface area contributed by atoms with Gasteiger partial charge in [0.1, 0.15) is 5.69 Å². The lowest BCUT2D eigenvalue weighted by atomic mass is 9.95. The van der Waals surface area contributed by atoms with Crippen molar-refractivity contribution in [2.24, 2.45) is 0 Å². The summed E-state index contributed by atoms with van der Waals surface area (Å²) < 4.78 is 32.4. The number of sulfonamides is 1. The molecule has 0 spiro atoms. The number of fused-ring (bicyclic) bond motifs is 1. The highest BCUT2D eigenvalue weighted by Crippen LogP contribution is 2.25. The second-order valence-electron chi connectivity index (χ2n) is 5.52. The molecule has 2 aromatic heterocycles. The van der Waals surface area contributed by atoms with E-state index in [1.54, 1.807) is 13.8 Å². The summed E-state index contributed by atoms with van der Waals surface area (Å²) in [5, 5.41) is 3.68. The molecule has 0 unspecified atom stereocenters. The van der Waals surface area contributed by atoms with Gasteiger partial charge in [0.15, 0.2) is 10.7 Å². The second kappa shape index (κ2) is 5.35. The van der Waals surface area contributed by atoms with Gasteiger partial charge in [0, 0.05) is 11.4 Å². The minimum absolute atomic E-state index is 0.0477. The van der Waals surface area contributed by atoms with Crippen LogP contribution in [0.2, 0.25) is 0 Å². The molecule has 0 aliphatic heterocycles. The van der Waals surface area contributed by atoms with E-state index in [2.05, 4.69) is 19.8 Å². The minimum Gasteiger partial charge on any atom is -0.360 e. The number of aryl methyl sites for hydroxylation is 4. The van der Waals surface area contributed by atoms with Gasteiger partial charge in [-0.15, -0.1) is 0 Å². The fraction of sp³-hybridized carbons (Fsp3) is 0.500. The van der Waals surface area contributed by atoms with Gasteiger partial charge >= 0.3 is 0 Å². The van der Waals surface area contributed by atoms with E-state index in [0.29, 0.717) is 5.69 Å². The van der Waals surface area contributed by atoms with E-state index in [-0.39, 0.29) is 16.6 Å². The predicted octanol–water partition coefficient (Wildman–Crippen LogP) is 2.07. The first-order chi connectivity index (χ1) is 10.4. The Balaban J connectivity index is 1.98. The van der Waals surface area contributed by atoms with Gasteiger partial charge in [-0.3, -0.25) is 0 Å². The SMILES string of the molecule is Cc1nc(NS(=O)(=O)c2c(C)noc2C)nc2c1CCCC2. The Morgan fingerprint density at radius 2 is 1.77 bits per heavy atom. The van der Waals surface area contributed by atoms with Crippen LogP contribution in [0.5, 0.6) is 0 Å². The molecule has 0 radical (unpaired) electrons. The van der Waals surface area contributed by atoms with E-state index in [0.717, 1.165) is 42.6 Å². The fourth-order valence-electron chi connectivity index (χ4n) is 2.86. The van der Waals surface area contributed by atoms with Gasteiger partial charge in [-0.25, -0.2) is 23.1 Å². The molecule has 22 heavy (non-hydrogen) atoms. The van der Waals surface area contributed by atoms with Crippen LogP contribution in [0.25, 0.3) is 0 Å². The van der Waals surface area contributed by atoms with E-state index in [4.69, 9.17) is 4.52 Å². The van der Waals surface area contributed by atoms with E-state index in [9.17, 15) is 8.42 Å². The van der Waals surface area contributed by atoms with Crippen LogP contribution >= 0.6 is 0 Å². The molecule has 7 nitrogen and oxygen atoms in total. The molecule has 0 saturated heterocycles. The van der Waals surface area contributed by atoms with Gasteiger partial charge in [0.05, 0.1) is 0 Å². The van der Waals surface area contributed by atoms with Crippen molar-refractivity contribution in [3.63, 3.8) is 0 Å². The summed E-state index contributed by atoms with van der Waals surface area (Å²) in [6.45, 7) is 5.04. The molecule has 0 aromatic carbocycles. The number of rotatable bonds is 3. The number of anilines is 1. The van der Waals surface area contributed by atoms with E-state index in [1.165, 1.54) is 0 Å². The number of hydrogen-bond donors (Lipinski definition) is 1. The van der Waals surface area contributed by atoms with Crippen LogP contribution in [0.4, 0.5) is 5.95 Å². The van der Waals surface area contributed by atoms with Crippen LogP contribution in [-0.4, -0.2) is 23.5 Å². The maximum Gasteiger partial charge on any atom is 0.269 e. The minimum atomic E-state index is -3.81. The van der Waals surface area contributed by atoms with Crippen molar-refractivity contribution in [1.82, 2.24) is 15.1 Å². The van der Waals surface area contributed by atoms with Crippen LogP contribution in [0.1, 0.15) is 41.2 Å². The topological polar surface area (TPSA) is 98.0 Å². The largest absolute Gasteiger partial charge is 0.360 e. The molecular weight excluding hydrogens is 304 g/mol. The Hall–Kier alpha value is -1.96. The normalized spacial score (nSPS) is 14.7. The summed E-state index contributed by atoms with van der Waals surface area (Å²) in [4.78, 5) is 8.71. The third kappa shape index (κ3) is 2.58. The Morgan fingerprint density at radius 3 is 2.45 bits per heavy atom. The number of nitrogens with zero attached hydrogens (tertiary/aromatic N) is 3. The molecule has 1 aliphatic carbocycles. The van der Waals surface area contributed by atoms with Crippen molar-refractivity contribution >= 4 is 16.0 Å². The zero-order valence-electron chi connectivity index (χ0n) is 12.8. The van der Waals surface area contributed by atoms with Crippen molar-refractivity contribution in [3.8, 4) is 0 Å². The average Bonchev–Trinajstić information content (AvgIpc) is 2.78. The summed E-state index contributed by atoms with van der Waals surface area (Å²) in [5.74, 6) is 0.359. The first kappa shape index (κ1) is 15.0. The molecule has 0 saturated carbocycles. The van der Waals surface area contributed by atoms with Gasteiger partial charge in [-0.05, 0) is 52.0 Å². The van der Waals surface area contributed by atoms with Crippen molar-refractivity contribution in [2.45, 2.75) is 51.3 Å². The summed E-state index contributed by atoms with van der Waals surface area (Å²) in [5.41, 5.74) is 3.24. The summed E-state index contributed by atoms with van der Waals surface area (Å²) in [6.07, 6.45) is 4.01. The van der Waals surface area contributed by atoms with Gasteiger partial charge in [0.2, 0.25) is 5.95 Å².